The number of carbonyl (C=O) groups excluding carboxylic acids is 1. The van der Waals surface area contributed by atoms with Crippen molar-refractivity contribution in [3.8, 4) is 16.9 Å². The molecule has 0 atom stereocenters. The molecule has 152 valence electrons. The van der Waals surface area contributed by atoms with Gasteiger partial charge in [-0.3, -0.25) is 9.59 Å². The summed E-state index contributed by atoms with van der Waals surface area (Å²) in [6.45, 7) is 0. The van der Waals surface area contributed by atoms with Crippen molar-refractivity contribution in [3.63, 3.8) is 0 Å². The van der Waals surface area contributed by atoms with Gasteiger partial charge >= 0.3 is 5.97 Å². The molecule has 0 heterocycles. The highest BCUT2D eigenvalue weighted by Gasteiger charge is 2.09. The highest BCUT2D eigenvalue weighted by Crippen LogP contribution is 2.25. The molecular weight excluding hydrogens is 396 g/mol. The minimum atomic E-state index is -0.868. The highest BCUT2D eigenvalue weighted by molar-refractivity contribution is 7.99. The fraction of sp³-hybridized carbons (Fsp3) is 0.120. The van der Waals surface area contributed by atoms with Crippen molar-refractivity contribution in [2.24, 2.45) is 0 Å². The van der Waals surface area contributed by atoms with Crippen LogP contribution in [-0.4, -0.2) is 29.7 Å². The first-order valence-electron chi connectivity index (χ1n) is 9.41. The third-order valence-electron chi connectivity index (χ3n) is 4.49. The maximum absolute atomic E-state index is 12.6. The predicted octanol–water partition coefficient (Wildman–Crippen LogP) is 5.58. The van der Waals surface area contributed by atoms with E-state index in [-0.39, 0.29) is 11.5 Å². The number of ether oxygens (including phenoxy) is 1. The smallest absolute Gasteiger partial charge is 0.313 e. The number of hydrogen-bond donors (Lipinski definition) is 1. The fourth-order valence-corrected chi connectivity index (χ4v) is 3.70. The molecule has 3 aromatic carbocycles. The van der Waals surface area contributed by atoms with Crippen LogP contribution in [-0.2, 0) is 10.5 Å². The largest absolute Gasteiger partial charge is 0.496 e. The summed E-state index contributed by atoms with van der Waals surface area (Å²) >= 11 is 1.27. The number of carboxylic acids is 1. The number of thioether (sulfide) groups is 1. The predicted molar refractivity (Wildman–Crippen MR) is 122 cm³/mol. The first kappa shape index (κ1) is 21.4. The van der Waals surface area contributed by atoms with Crippen molar-refractivity contribution in [3.05, 3.63) is 95.6 Å². The SMILES string of the molecule is COc1ccc(C(=O)C=Cc2ccc(-c3ccccc3)cc2)cc1CSCC(=O)O. The lowest BCUT2D eigenvalue weighted by Crippen LogP contribution is -2.01. The summed E-state index contributed by atoms with van der Waals surface area (Å²) < 4.78 is 5.32. The van der Waals surface area contributed by atoms with Gasteiger partial charge in [-0.05, 0) is 41.0 Å². The number of methoxy groups -OCH3 is 1. The van der Waals surface area contributed by atoms with Crippen LogP contribution >= 0.6 is 11.8 Å². The average molecular weight is 419 g/mol. The molecule has 0 radical (unpaired) electrons. The Morgan fingerprint density at radius 2 is 1.67 bits per heavy atom. The number of rotatable bonds is 9. The molecule has 4 nitrogen and oxygen atoms in total. The van der Waals surface area contributed by atoms with Crippen LogP contribution in [0, 0.1) is 0 Å². The standard InChI is InChI=1S/C25H22O4S/c1-29-24-14-12-21(15-22(24)16-30-17-25(27)28)23(26)13-9-18-7-10-20(11-8-18)19-5-3-2-4-6-19/h2-15H,16-17H2,1H3,(H,27,28). The second-order valence-corrected chi connectivity index (χ2v) is 7.58. The second-order valence-electron chi connectivity index (χ2n) is 6.60. The van der Waals surface area contributed by atoms with Crippen molar-refractivity contribution in [2.75, 3.05) is 12.9 Å². The third-order valence-corrected chi connectivity index (χ3v) is 5.46. The summed E-state index contributed by atoms with van der Waals surface area (Å²) in [7, 11) is 1.56. The van der Waals surface area contributed by atoms with Gasteiger partial charge in [-0.1, -0.05) is 60.7 Å². The summed E-state index contributed by atoms with van der Waals surface area (Å²) in [6, 6.07) is 23.4. The number of ketones is 1. The Morgan fingerprint density at radius 1 is 0.967 bits per heavy atom. The number of aliphatic carboxylic acids is 1. The van der Waals surface area contributed by atoms with E-state index in [2.05, 4.69) is 12.1 Å². The van der Waals surface area contributed by atoms with E-state index in [1.54, 1.807) is 37.5 Å². The summed E-state index contributed by atoms with van der Waals surface area (Å²) in [4.78, 5) is 23.3. The molecule has 3 rings (SSSR count). The Hall–Kier alpha value is -3.31. The van der Waals surface area contributed by atoms with Gasteiger partial charge < -0.3 is 9.84 Å². The molecule has 0 saturated heterocycles. The summed E-state index contributed by atoms with van der Waals surface area (Å²) in [5.41, 5.74) is 4.55. The van der Waals surface area contributed by atoms with E-state index < -0.39 is 5.97 Å². The Balaban J connectivity index is 1.70. The van der Waals surface area contributed by atoms with E-state index in [0.29, 0.717) is 17.1 Å². The number of benzene rings is 3. The Kier molecular flexibility index (Phi) is 7.46. The zero-order valence-electron chi connectivity index (χ0n) is 16.6. The zero-order chi connectivity index (χ0) is 21.3. The van der Waals surface area contributed by atoms with Gasteiger partial charge in [0.1, 0.15) is 5.75 Å². The molecule has 0 amide bonds. The van der Waals surface area contributed by atoms with Crippen LogP contribution in [0.3, 0.4) is 0 Å². The van der Waals surface area contributed by atoms with Crippen molar-refractivity contribution in [2.45, 2.75) is 5.75 Å². The molecule has 0 aliphatic rings. The van der Waals surface area contributed by atoms with Crippen LogP contribution in [0.2, 0.25) is 0 Å². The molecule has 0 fully saturated rings. The molecule has 5 heteroatoms. The van der Waals surface area contributed by atoms with E-state index in [9.17, 15) is 9.59 Å². The van der Waals surface area contributed by atoms with Crippen molar-refractivity contribution in [1.82, 2.24) is 0 Å². The van der Waals surface area contributed by atoms with Gasteiger partial charge in [-0.15, -0.1) is 11.8 Å². The Morgan fingerprint density at radius 3 is 2.33 bits per heavy atom. The summed E-state index contributed by atoms with van der Waals surface area (Å²) in [6.07, 6.45) is 3.34. The van der Waals surface area contributed by atoms with Crippen molar-refractivity contribution in [1.29, 1.82) is 0 Å². The van der Waals surface area contributed by atoms with E-state index >= 15 is 0 Å². The minimum Gasteiger partial charge on any atom is -0.496 e. The van der Waals surface area contributed by atoms with E-state index in [1.165, 1.54) is 11.8 Å². The minimum absolute atomic E-state index is 0.000206. The lowest BCUT2D eigenvalue weighted by molar-refractivity contribution is -0.133. The van der Waals surface area contributed by atoms with Crippen LogP contribution < -0.4 is 4.74 Å². The molecule has 0 aliphatic heterocycles. The van der Waals surface area contributed by atoms with Gasteiger partial charge in [0, 0.05) is 16.9 Å². The third kappa shape index (κ3) is 5.84. The molecule has 0 saturated carbocycles. The fourth-order valence-electron chi connectivity index (χ4n) is 2.98. The van der Waals surface area contributed by atoms with Crippen LogP contribution in [0.25, 0.3) is 17.2 Å². The maximum atomic E-state index is 12.6. The molecular formula is C25H22O4S. The molecule has 1 N–H and O–H groups in total. The lowest BCUT2D eigenvalue weighted by atomic mass is 10.0. The van der Waals surface area contributed by atoms with Crippen LogP contribution in [0.4, 0.5) is 0 Å². The van der Waals surface area contributed by atoms with Crippen LogP contribution in [0.1, 0.15) is 21.5 Å². The number of carbonyl (C=O) groups is 2. The number of carboxylic acid groups (broad SMARTS) is 1. The first-order valence-corrected chi connectivity index (χ1v) is 10.6. The van der Waals surface area contributed by atoms with E-state index in [1.807, 2.05) is 42.5 Å². The molecule has 0 unspecified atom stereocenters. The van der Waals surface area contributed by atoms with Gasteiger partial charge in [-0.2, -0.15) is 0 Å². The van der Waals surface area contributed by atoms with Gasteiger partial charge in [-0.25, -0.2) is 0 Å². The van der Waals surface area contributed by atoms with Gasteiger partial charge in [0.2, 0.25) is 0 Å². The van der Waals surface area contributed by atoms with E-state index in [0.717, 1.165) is 22.3 Å². The quantitative estimate of drug-likeness (QED) is 0.363. The van der Waals surface area contributed by atoms with Crippen LogP contribution in [0.5, 0.6) is 5.75 Å². The highest BCUT2D eigenvalue weighted by atomic mass is 32.2. The average Bonchev–Trinajstić information content (AvgIpc) is 2.78. The molecule has 0 aliphatic carbocycles. The molecule has 0 aromatic heterocycles. The monoisotopic (exact) mass is 418 g/mol. The molecule has 0 spiro atoms. The summed E-state index contributed by atoms with van der Waals surface area (Å²) in [5.74, 6) is 0.119. The van der Waals surface area contributed by atoms with Gasteiger partial charge in [0.25, 0.3) is 0 Å². The van der Waals surface area contributed by atoms with Crippen molar-refractivity contribution >= 4 is 29.6 Å². The van der Waals surface area contributed by atoms with Gasteiger partial charge in [0.05, 0.1) is 12.9 Å². The van der Waals surface area contributed by atoms with Crippen LogP contribution in [0.15, 0.2) is 78.9 Å². The zero-order valence-corrected chi connectivity index (χ0v) is 17.4. The molecule has 0 bridgehead atoms. The number of hydrogen-bond acceptors (Lipinski definition) is 4. The molecule has 3 aromatic rings. The Bertz CT molecular complexity index is 1040. The summed E-state index contributed by atoms with van der Waals surface area (Å²) in [5, 5.41) is 8.81. The van der Waals surface area contributed by atoms with E-state index in [4.69, 9.17) is 9.84 Å². The lowest BCUT2D eigenvalue weighted by Gasteiger charge is -2.09. The Labute approximate surface area is 180 Å². The second kappa shape index (κ2) is 10.5. The maximum Gasteiger partial charge on any atom is 0.313 e. The molecule has 30 heavy (non-hydrogen) atoms. The normalized spacial score (nSPS) is 10.8. The topological polar surface area (TPSA) is 63.6 Å². The van der Waals surface area contributed by atoms with Crippen molar-refractivity contribution < 1.29 is 19.4 Å². The van der Waals surface area contributed by atoms with Gasteiger partial charge in [0.15, 0.2) is 5.78 Å². The number of allylic oxidation sites excluding steroid dienone is 1. The first-order chi connectivity index (χ1) is 14.6.